The first-order valence-electron chi connectivity index (χ1n) is 5.52. The molecule has 2 aromatic rings. The van der Waals surface area contributed by atoms with Gasteiger partial charge >= 0.3 is 0 Å². The Balaban J connectivity index is 1.98. The molecule has 0 N–H and O–H groups in total. The number of aromatic nitrogens is 7. The number of thioether (sulfide) groups is 1. The summed E-state index contributed by atoms with van der Waals surface area (Å²) in [5.74, 6) is 1.50. The Morgan fingerprint density at radius 2 is 2.16 bits per heavy atom. The van der Waals surface area contributed by atoms with Gasteiger partial charge in [0.1, 0.15) is 12.2 Å². The van der Waals surface area contributed by atoms with Crippen molar-refractivity contribution in [3.05, 3.63) is 12.2 Å². The number of ether oxygens (including phenoxy) is 2. The fraction of sp³-hybridized carbons (Fsp3) is 0.667. The highest BCUT2D eigenvalue weighted by molar-refractivity contribution is 7.98. The normalized spacial score (nSPS) is 11.4. The van der Waals surface area contributed by atoms with Crippen LogP contribution >= 0.6 is 11.8 Å². The van der Waals surface area contributed by atoms with Crippen molar-refractivity contribution in [3.63, 3.8) is 0 Å². The van der Waals surface area contributed by atoms with Crippen molar-refractivity contribution in [3.8, 4) is 0 Å². The summed E-state index contributed by atoms with van der Waals surface area (Å²) in [6.45, 7) is 0.432. The number of tetrazole rings is 1. The summed E-state index contributed by atoms with van der Waals surface area (Å²) in [4.78, 5) is 4.14. The SMILES string of the molecule is COC(Cn1nnnc1SCc1ncnn1C)OC. The van der Waals surface area contributed by atoms with Gasteiger partial charge < -0.3 is 9.47 Å². The molecule has 10 heteroatoms. The molecule has 0 aromatic carbocycles. The highest BCUT2D eigenvalue weighted by Crippen LogP contribution is 2.18. The average molecular weight is 285 g/mol. The lowest BCUT2D eigenvalue weighted by Crippen LogP contribution is -2.21. The van der Waals surface area contributed by atoms with E-state index in [0.717, 1.165) is 5.82 Å². The van der Waals surface area contributed by atoms with Crippen molar-refractivity contribution in [1.82, 2.24) is 35.0 Å². The molecule has 2 aromatic heterocycles. The molecular weight excluding hydrogens is 270 g/mol. The summed E-state index contributed by atoms with van der Waals surface area (Å²) in [7, 11) is 4.99. The minimum absolute atomic E-state index is 0.377. The summed E-state index contributed by atoms with van der Waals surface area (Å²) in [5.41, 5.74) is 0. The van der Waals surface area contributed by atoms with Crippen LogP contribution in [0.4, 0.5) is 0 Å². The second-order valence-corrected chi connectivity index (χ2v) is 4.58. The molecule has 0 spiro atoms. The van der Waals surface area contributed by atoms with Crippen LogP contribution in [0.1, 0.15) is 5.82 Å². The maximum absolute atomic E-state index is 5.12. The molecule has 9 nitrogen and oxygen atoms in total. The molecule has 0 radical (unpaired) electrons. The molecule has 2 heterocycles. The topological polar surface area (TPSA) is 92.8 Å². The summed E-state index contributed by atoms with van der Waals surface area (Å²) in [6, 6.07) is 0. The third kappa shape index (κ3) is 3.49. The van der Waals surface area contributed by atoms with Crippen LogP contribution in [0.2, 0.25) is 0 Å². The van der Waals surface area contributed by atoms with E-state index < -0.39 is 0 Å². The van der Waals surface area contributed by atoms with E-state index in [1.54, 1.807) is 23.6 Å². The Kier molecular flexibility index (Phi) is 4.82. The van der Waals surface area contributed by atoms with Crippen molar-refractivity contribution in [2.45, 2.75) is 23.7 Å². The van der Waals surface area contributed by atoms with Gasteiger partial charge in [-0.1, -0.05) is 11.8 Å². The van der Waals surface area contributed by atoms with Gasteiger partial charge in [0, 0.05) is 21.3 Å². The Morgan fingerprint density at radius 3 is 2.79 bits per heavy atom. The number of hydrogen-bond acceptors (Lipinski definition) is 8. The van der Waals surface area contributed by atoms with E-state index in [-0.39, 0.29) is 6.29 Å². The first-order valence-corrected chi connectivity index (χ1v) is 6.50. The van der Waals surface area contributed by atoms with Gasteiger partial charge in [0.15, 0.2) is 6.29 Å². The van der Waals surface area contributed by atoms with E-state index in [4.69, 9.17) is 9.47 Å². The van der Waals surface area contributed by atoms with E-state index >= 15 is 0 Å². The van der Waals surface area contributed by atoms with E-state index in [2.05, 4.69) is 25.6 Å². The van der Waals surface area contributed by atoms with E-state index in [1.807, 2.05) is 7.05 Å². The van der Waals surface area contributed by atoms with Gasteiger partial charge in [-0.05, 0) is 10.4 Å². The quantitative estimate of drug-likeness (QED) is 0.506. The maximum atomic E-state index is 5.12. The van der Waals surface area contributed by atoms with Crippen LogP contribution in [0.3, 0.4) is 0 Å². The third-order valence-corrected chi connectivity index (χ3v) is 3.44. The molecule has 19 heavy (non-hydrogen) atoms. The van der Waals surface area contributed by atoms with Crippen molar-refractivity contribution in [1.29, 1.82) is 0 Å². The van der Waals surface area contributed by atoms with Gasteiger partial charge in [0.05, 0.1) is 12.3 Å². The van der Waals surface area contributed by atoms with Crippen LogP contribution in [0.25, 0.3) is 0 Å². The number of methoxy groups -OCH3 is 2. The fourth-order valence-electron chi connectivity index (χ4n) is 1.38. The van der Waals surface area contributed by atoms with Crippen molar-refractivity contribution >= 4 is 11.8 Å². The predicted octanol–water partition coefficient (Wildman–Crippen LogP) is -0.287. The minimum Gasteiger partial charge on any atom is -0.354 e. The Morgan fingerprint density at radius 1 is 1.37 bits per heavy atom. The Labute approximate surface area is 114 Å². The zero-order chi connectivity index (χ0) is 13.7. The molecule has 0 aliphatic heterocycles. The first kappa shape index (κ1) is 13.9. The second-order valence-electron chi connectivity index (χ2n) is 3.63. The molecule has 0 aliphatic carbocycles. The van der Waals surface area contributed by atoms with Gasteiger partial charge in [-0.2, -0.15) is 5.10 Å². The molecule has 0 bridgehead atoms. The van der Waals surface area contributed by atoms with Gasteiger partial charge in [-0.15, -0.1) is 5.10 Å². The van der Waals surface area contributed by atoms with E-state index in [0.29, 0.717) is 17.5 Å². The highest BCUT2D eigenvalue weighted by atomic mass is 32.2. The molecule has 0 aliphatic rings. The third-order valence-electron chi connectivity index (χ3n) is 2.48. The Bertz CT molecular complexity index is 510. The van der Waals surface area contributed by atoms with Crippen LogP contribution in [0.15, 0.2) is 11.5 Å². The molecular formula is C9H15N7O2S. The van der Waals surface area contributed by atoms with Gasteiger partial charge in [-0.3, -0.25) is 4.68 Å². The lowest BCUT2D eigenvalue weighted by Gasteiger charge is -2.13. The Hall–Kier alpha value is -1.52. The number of aryl methyl sites for hydroxylation is 1. The smallest absolute Gasteiger partial charge is 0.209 e. The number of nitrogens with zero attached hydrogens (tertiary/aromatic N) is 7. The zero-order valence-corrected chi connectivity index (χ0v) is 11.7. The van der Waals surface area contributed by atoms with Crippen molar-refractivity contribution < 1.29 is 9.47 Å². The highest BCUT2D eigenvalue weighted by Gasteiger charge is 2.13. The standard InChI is InChI=1S/C9H15N7O2S/c1-15-7(10-6-11-15)5-19-9-12-13-14-16(9)4-8(17-2)18-3/h6,8H,4-5H2,1-3H3. The van der Waals surface area contributed by atoms with Crippen LogP contribution in [-0.2, 0) is 28.8 Å². The lowest BCUT2D eigenvalue weighted by atomic mass is 10.6. The maximum Gasteiger partial charge on any atom is 0.209 e. The van der Waals surface area contributed by atoms with Gasteiger partial charge in [0.25, 0.3) is 0 Å². The molecule has 2 rings (SSSR count). The van der Waals surface area contributed by atoms with Crippen LogP contribution in [0.5, 0.6) is 0 Å². The van der Waals surface area contributed by atoms with Crippen LogP contribution in [0, 0.1) is 0 Å². The molecule has 0 fully saturated rings. The summed E-state index contributed by atoms with van der Waals surface area (Å²) in [5, 5.41) is 16.2. The average Bonchev–Trinajstić information content (AvgIpc) is 3.02. The lowest BCUT2D eigenvalue weighted by molar-refractivity contribution is -0.113. The summed E-state index contributed by atoms with van der Waals surface area (Å²) in [6.07, 6.45) is 1.14. The van der Waals surface area contributed by atoms with Gasteiger partial charge in [0.2, 0.25) is 5.16 Å². The predicted molar refractivity (Wildman–Crippen MR) is 66.2 cm³/mol. The minimum atomic E-state index is -0.377. The summed E-state index contributed by atoms with van der Waals surface area (Å²) >= 11 is 1.48. The molecule has 0 saturated carbocycles. The molecule has 0 amide bonds. The molecule has 104 valence electrons. The largest absolute Gasteiger partial charge is 0.354 e. The molecule has 0 atom stereocenters. The molecule has 0 unspecified atom stereocenters. The number of hydrogen-bond donors (Lipinski definition) is 0. The van der Waals surface area contributed by atoms with Gasteiger partial charge in [-0.25, -0.2) is 9.67 Å². The van der Waals surface area contributed by atoms with Crippen molar-refractivity contribution in [2.75, 3.05) is 14.2 Å². The van der Waals surface area contributed by atoms with Crippen molar-refractivity contribution in [2.24, 2.45) is 7.05 Å². The first-order chi connectivity index (χ1) is 9.24. The van der Waals surface area contributed by atoms with E-state index in [9.17, 15) is 0 Å². The zero-order valence-electron chi connectivity index (χ0n) is 10.9. The van der Waals surface area contributed by atoms with E-state index in [1.165, 1.54) is 18.1 Å². The van der Waals surface area contributed by atoms with Crippen LogP contribution in [-0.4, -0.2) is 55.5 Å². The molecule has 0 saturated heterocycles. The van der Waals surface area contributed by atoms with Crippen LogP contribution < -0.4 is 0 Å². The monoisotopic (exact) mass is 285 g/mol. The summed E-state index contributed by atoms with van der Waals surface area (Å²) < 4.78 is 13.6. The second kappa shape index (κ2) is 6.59. The number of rotatable bonds is 7. The fourth-order valence-corrected chi connectivity index (χ4v) is 2.25.